The van der Waals surface area contributed by atoms with Crippen molar-refractivity contribution >= 4 is 17.2 Å². The van der Waals surface area contributed by atoms with Crippen molar-refractivity contribution in [2.24, 2.45) is 0 Å². The molecule has 0 saturated carbocycles. The molecular weight excluding hydrogens is 338 g/mol. The van der Waals surface area contributed by atoms with Crippen LogP contribution in [0, 0.1) is 6.92 Å². The molecule has 0 aliphatic carbocycles. The van der Waals surface area contributed by atoms with Crippen LogP contribution in [0.4, 0.5) is 11.5 Å². The second-order valence-corrected chi connectivity index (χ2v) is 6.59. The van der Waals surface area contributed by atoms with Gasteiger partial charge >= 0.3 is 0 Å². The van der Waals surface area contributed by atoms with Crippen LogP contribution < -0.4 is 14.8 Å². The molecule has 1 aliphatic rings. The van der Waals surface area contributed by atoms with Gasteiger partial charge in [-0.2, -0.15) is 0 Å². The predicted molar refractivity (Wildman–Crippen MR) is 106 cm³/mol. The van der Waals surface area contributed by atoms with Crippen LogP contribution in [-0.2, 0) is 0 Å². The maximum Gasteiger partial charge on any atom is 0.163 e. The second-order valence-electron chi connectivity index (χ2n) is 6.59. The smallest absolute Gasteiger partial charge is 0.163 e. The highest BCUT2D eigenvalue weighted by atomic mass is 16.6. The van der Waals surface area contributed by atoms with E-state index in [4.69, 9.17) is 14.5 Å². The zero-order valence-corrected chi connectivity index (χ0v) is 15.0. The molecule has 0 saturated heterocycles. The SMILES string of the molecule is Cc1ccc2nc(-c3ccccc3)c(Nc3ccc4c(c3)OCCO4)n2c1. The Balaban J connectivity index is 1.64. The van der Waals surface area contributed by atoms with E-state index in [1.165, 1.54) is 5.56 Å². The molecule has 5 heteroatoms. The van der Waals surface area contributed by atoms with E-state index in [0.717, 1.165) is 39.9 Å². The van der Waals surface area contributed by atoms with E-state index in [0.29, 0.717) is 13.2 Å². The molecule has 1 N–H and O–H groups in total. The molecule has 0 unspecified atom stereocenters. The molecule has 0 amide bonds. The van der Waals surface area contributed by atoms with Crippen molar-refractivity contribution in [2.45, 2.75) is 6.92 Å². The first kappa shape index (κ1) is 15.8. The van der Waals surface area contributed by atoms with Gasteiger partial charge in [-0.1, -0.05) is 36.4 Å². The molecule has 5 nitrogen and oxygen atoms in total. The number of ether oxygens (including phenoxy) is 2. The number of anilines is 2. The first-order chi connectivity index (χ1) is 13.3. The fourth-order valence-corrected chi connectivity index (χ4v) is 3.33. The number of hydrogen-bond donors (Lipinski definition) is 1. The zero-order valence-electron chi connectivity index (χ0n) is 15.0. The van der Waals surface area contributed by atoms with Gasteiger partial charge in [0.05, 0.1) is 0 Å². The van der Waals surface area contributed by atoms with E-state index in [9.17, 15) is 0 Å². The average Bonchev–Trinajstić information content (AvgIpc) is 3.06. The van der Waals surface area contributed by atoms with Gasteiger partial charge in [0.2, 0.25) is 0 Å². The third-order valence-corrected chi connectivity index (χ3v) is 4.62. The van der Waals surface area contributed by atoms with Gasteiger partial charge in [-0.15, -0.1) is 0 Å². The predicted octanol–water partition coefficient (Wildman–Crippen LogP) is 4.82. The van der Waals surface area contributed by atoms with Crippen molar-refractivity contribution < 1.29 is 9.47 Å². The van der Waals surface area contributed by atoms with E-state index in [2.05, 4.69) is 41.0 Å². The van der Waals surface area contributed by atoms with E-state index in [1.807, 2.05) is 42.5 Å². The first-order valence-electron chi connectivity index (χ1n) is 8.99. The second kappa shape index (κ2) is 6.36. The van der Waals surface area contributed by atoms with Gasteiger partial charge < -0.3 is 14.8 Å². The van der Waals surface area contributed by atoms with Crippen LogP contribution in [0.1, 0.15) is 5.56 Å². The van der Waals surface area contributed by atoms with Crippen molar-refractivity contribution in [2.75, 3.05) is 18.5 Å². The minimum Gasteiger partial charge on any atom is -0.486 e. The summed E-state index contributed by atoms with van der Waals surface area (Å²) in [5, 5.41) is 3.54. The van der Waals surface area contributed by atoms with Crippen LogP contribution in [-0.4, -0.2) is 22.6 Å². The highest BCUT2D eigenvalue weighted by molar-refractivity contribution is 5.80. The quantitative estimate of drug-likeness (QED) is 0.571. The summed E-state index contributed by atoms with van der Waals surface area (Å²) in [5.41, 5.74) is 4.99. The standard InChI is InChI=1S/C22H19N3O2/c1-15-7-10-20-24-21(16-5-3-2-4-6-16)22(25(20)14-15)23-17-8-9-18-19(13-17)27-12-11-26-18/h2-10,13-14,23H,11-12H2,1H3. The van der Waals surface area contributed by atoms with Crippen LogP contribution in [0.5, 0.6) is 11.5 Å². The van der Waals surface area contributed by atoms with Gasteiger partial charge in [0, 0.05) is 23.5 Å². The lowest BCUT2D eigenvalue weighted by molar-refractivity contribution is 0.171. The summed E-state index contributed by atoms with van der Waals surface area (Å²) in [4.78, 5) is 4.85. The number of hydrogen-bond acceptors (Lipinski definition) is 4. The third kappa shape index (κ3) is 2.87. The van der Waals surface area contributed by atoms with Crippen LogP contribution in [0.2, 0.25) is 0 Å². The maximum absolute atomic E-state index is 5.72. The number of imidazole rings is 1. The molecule has 3 heterocycles. The molecule has 0 bridgehead atoms. The molecule has 0 spiro atoms. The summed E-state index contributed by atoms with van der Waals surface area (Å²) >= 11 is 0. The van der Waals surface area contributed by atoms with Crippen molar-refractivity contribution in [3.8, 4) is 22.8 Å². The molecule has 5 rings (SSSR count). The Labute approximate surface area is 157 Å². The van der Waals surface area contributed by atoms with E-state index in [-0.39, 0.29) is 0 Å². The number of fused-ring (bicyclic) bond motifs is 2. The fourth-order valence-electron chi connectivity index (χ4n) is 3.33. The van der Waals surface area contributed by atoms with Gasteiger partial charge in [0.15, 0.2) is 11.5 Å². The highest BCUT2D eigenvalue weighted by Gasteiger charge is 2.16. The summed E-state index contributed by atoms with van der Waals surface area (Å²) in [5.74, 6) is 2.47. The number of benzene rings is 2. The molecule has 0 fully saturated rings. The molecule has 0 radical (unpaired) electrons. The summed E-state index contributed by atoms with van der Waals surface area (Å²) < 4.78 is 13.4. The van der Waals surface area contributed by atoms with Crippen molar-refractivity contribution in [3.63, 3.8) is 0 Å². The van der Waals surface area contributed by atoms with Gasteiger partial charge in [0.1, 0.15) is 30.4 Å². The van der Waals surface area contributed by atoms with E-state index < -0.39 is 0 Å². The van der Waals surface area contributed by atoms with Crippen molar-refractivity contribution in [3.05, 3.63) is 72.4 Å². The Hall–Kier alpha value is -3.47. The van der Waals surface area contributed by atoms with Gasteiger partial charge in [-0.3, -0.25) is 4.40 Å². The average molecular weight is 357 g/mol. The maximum atomic E-state index is 5.72. The Bertz CT molecular complexity index is 1120. The lowest BCUT2D eigenvalue weighted by Gasteiger charge is -2.19. The van der Waals surface area contributed by atoms with Crippen molar-refractivity contribution in [1.82, 2.24) is 9.38 Å². The lowest BCUT2D eigenvalue weighted by Crippen LogP contribution is -2.15. The fraction of sp³-hybridized carbons (Fsp3) is 0.136. The van der Waals surface area contributed by atoms with Crippen LogP contribution >= 0.6 is 0 Å². The number of rotatable bonds is 3. The summed E-state index contributed by atoms with van der Waals surface area (Å²) in [6.07, 6.45) is 2.09. The monoisotopic (exact) mass is 357 g/mol. The largest absolute Gasteiger partial charge is 0.486 e. The van der Waals surface area contributed by atoms with E-state index in [1.54, 1.807) is 0 Å². The van der Waals surface area contributed by atoms with Crippen LogP contribution in [0.25, 0.3) is 16.9 Å². The first-order valence-corrected chi connectivity index (χ1v) is 8.99. The Kier molecular flexibility index (Phi) is 3.71. The third-order valence-electron chi connectivity index (χ3n) is 4.62. The number of aryl methyl sites for hydroxylation is 1. The van der Waals surface area contributed by atoms with E-state index >= 15 is 0 Å². The topological polar surface area (TPSA) is 47.8 Å². The molecule has 2 aromatic heterocycles. The number of aromatic nitrogens is 2. The molecule has 1 aliphatic heterocycles. The number of nitrogens with zero attached hydrogens (tertiary/aromatic N) is 2. The van der Waals surface area contributed by atoms with Gasteiger partial charge in [-0.25, -0.2) is 4.98 Å². The van der Waals surface area contributed by atoms with Crippen LogP contribution in [0.3, 0.4) is 0 Å². The van der Waals surface area contributed by atoms with Gasteiger partial charge in [0.25, 0.3) is 0 Å². The Morgan fingerprint density at radius 1 is 0.926 bits per heavy atom. The number of nitrogens with one attached hydrogen (secondary N) is 1. The molecular formula is C22H19N3O2. The molecule has 134 valence electrons. The van der Waals surface area contributed by atoms with Crippen LogP contribution in [0.15, 0.2) is 66.9 Å². The zero-order chi connectivity index (χ0) is 18.2. The Morgan fingerprint density at radius 3 is 2.59 bits per heavy atom. The number of pyridine rings is 1. The van der Waals surface area contributed by atoms with Gasteiger partial charge in [-0.05, 0) is 30.7 Å². The minimum absolute atomic E-state index is 0.570. The lowest BCUT2D eigenvalue weighted by atomic mass is 10.1. The summed E-state index contributed by atoms with van der Waals surface area (Å²) in [7, 11) is 0. The normalized spacial score (nSPS) is 12.9. The van der Waals surface area contributed by atoms with Crippen molar-refractivity contribution in [1.29, 1.82) is 0 Å². The molecule has 27 heavy (non-hydrogen) atoms. The Morgan fingerprint density at radius 2 is 1.74 bits per heavy atom. The summed E-state index contributed by atoms with van der Waals surface area (Å²) in [6, 6.07) is 20.2. The molecule has 2 aromatic carbocycles. The molecule has 0 atom stereocenters. The highest BCUT2D eigenvalue weighted by Crippen LogP contribution is 2.36. The molecule has 4 aromatic rings. The summed E-state index contributed by atoms with van der Waals surface area (Å²) in [6.45, 7) is 3.24. The minimum atomic E-state index is 0.570.